The number of hydrogen-bond donors (Lipinski definition) is 2. The Kier molecular flexibility index (Phi) is 3.55. The van der Waals surface area contributed by atoms with Crippen LogP contribution in [0, 0.1) is 18.3 Å². The van der Waals surface area contributed by atoms with Crippen LogP contribution >= 0.6 is 0 Å². The highest BCUT2D eigenvalue weighted by Gasteiger charge is 2.37. The van der Waals surface area contributed by atoms with Crippen LogP contribution in [-0.4, -0.2) is 50.4 Å². The van der Waals surface area contributed by atoms with Gasteiger partial charge < -0.3 is 20.5 Å². The van der Waals surface area contributed by atoms with Crippen LogP contribution in [0.1, 0.15) is 25.5 Å². The molecule has 2 aliphatic rings. The van der Waals surface area contributed by atoms with E-state index >= 15 is 0 Å². The summed E-state index contributed by atoms with van der Waals surface area (Å²) in [4.78, 5) is 15.3. The second kappa shape index (κ2) is 5.61. The molecule has 1 saturated carbocycles. The molecule has 126 valence electrons. The third-order valence-corrected chi connectivity index (χ3v) is 4.73. The molecule has 4 rings (SSSR count). The Labute approximate surface area is 139 Å². The Balaban J connectivity index is 1.79. The maximum atomic E-state index is 9.37. The van der Waals surface area contributed by atoms with Crippen molar-refractivity contribution in [3.8, 4) is 12.3 Å². The van der Waals surface area contributed by atoms with Crippen molar-refractivity contribution in [3.05, 3.63) is 6.33 Å². The lowest BCUT2D eigenvalue weighted by Gasteiger charge is -2.19. The van der Waals surface area contributed by atoms with Crippen molar-refractivity contribution in [2.24, 2.45) is 5.92 Å². The van der Waals surface area contributed by atoms with E-state index in [-0.39, 0.29) is 24.6 Å². The van der Waals surface area contributed by atoms with Gasteiger partial charge in [0.05, 0.1) is 25.0 Å². The number of aliphatic hydroxyl groups is 1. The second-order valence-electron chi connectivity index (χ2n) is 6.41. The molecule has 3 N–H and O–H groups in total. The zero-order valence-corrected chi connectivity index (χ0v) is 13.5. The molecule has 0 spiro atoms. The average Bonchev–Trinajstić information content (AvgIpc) is 3.22. The van der Waals surface area contributed by atoms with Crippen LogP contribution in [0.25, 0.3) is 11.2 Å². The molecule has 0 bridgehead atoms. The van der Waals surface area contributed by atoms with Gasteiger partial charge in [-0.2, -0.15) is 9.97 Å². The number of aromatic nitrogens is 4. The van der Waals surface area contributed by atoms with Crippen LogP contribution in [0.15, 0.2) is 6.33 Å². The molecule has 2 aromatic rings. The average molecular weight is 328 g/mol. The Bertz CT molecular complexity index is 809. The maximum Gasteiger partial charge on any atom is 0.224 e. The summed E-state index contributed by atoms with van der Waals surface area (Å²) in [5.74, 6) is 3.51. The van der Waals surface area contributed by atoms with Crippen molar-refractivity contribution in [2.75, 3.05) is 24.3 Å². The molecule has 8 nitrogen and oxygen atoms in total. The number of rotatable bonds is 4. The van der Waals surface area contributed by atoms with Crippen LogP contribution < -0.4 is 10.6 Å². The van der Waals surface area contributed by atoms with E-state index in [1.165, 1.54) is 0 Å². The molecule has 3 heterocycles. The Morgan fingerprint density at radius 2 is 2.29 bits per heavy atom. The molecule has 3 atom stereocenters. The highest BCUT2D eigenvalue weighted by Crippen LogP contribution is 2.37. The number of fused-ring (bicyclic) bond motifs is 1. The van der Waals surface area contributed by atoms with E-state index in [1.54, 1.807) is 10.9 Å². The van der Waals surface area contributed by atoms with Gasteiger partial charge >= 0.3 is 0 Å². The standard InChI is InChI=1S/C16H20N6O2/c1-3-9-6-11(7-23)24-15(9)22-8-18-12-13(21(2)10-4-5-10)19-16(17)20-14(12)22/h1,8-11,15,23H,4-7H2,2H3,(H2,17,19,20)/t9-,11?,15+/m0/s1. The Morgan fingerprint density at radius 3 is 2.96 bits per heavy atom. The quantitative estimate of drug-likeness (QED) is 0.790. The van der Waals surface area contributed by atoms with Gasteiger partial charge in [0, 0.05) is 13.1 Å². The van der Waals surface area contributed by atoms with Crippen molar-refractivity contribution in [1.82, 2.24) is 19.5 Å². The van der Waals surface area contributed by atoms with Gasteiger partial charge in [0.2, 0.25) is 5.95 Å². The first-order chi connectivity index (χ1) is 11.6. The van der Waals surface area contributed by atoms with E-state index in [4.69, 9.17) is 16.9 Å². The summed E-state index contributed by atoms with van der Waals surface area (Å²) in [6, 6.07) is 0.479. The monoisotopic (exact) mass is 328 g/mol. The first kappa shape index (κ1) is 15.2. The first-order valence-corrected chi connectivity index (χ1v) is 8.07. The molecule has 1 aliphatic carbocycles. The molecule has 0 amide bonds. The third kappa shape index (κ3) is 2.37. The summed E-state index contributed by atoms with van der Waals surface area (Å²) in [7, 11) is 2.00. The number of ether oxygens (including phenoxy) is 1. The van der Waals surface area contributed by atoms with Gasteiger partial charge in [0.1, 0.15) is 0 Å². The molecule has 1 saturated heterocycles. The van der Waals surface area contributed by atoms with Crippen molar-refractivity contribution in [1.29, 1.82) is 0 Å². The van der Waals surface area contributed by atoms with Crippen molar-refractivity contribution in [3.63, 3.8) is 0 Å². The lowest BCUT2D eigenvalue weighted by Crippen LogP contribution is -2.22. The summed E-state index contributed by atoms with van der Waals surface area (Å²) in [6.07, 6.45) is 9.51. The summed E-state index contributed by atoms with van der Waals surface area (Å²) in [6.45, 7) is -0.0614. The topological polar surface area (TPSA) is 102 Å². The lowest BCUT2D eigenvalue weighted by molar-refractivity contribution is -0.0262. The second-order valence-corrected chi connectivity index (χ2v) is 6.41. The molecule has 0 radical (unpaired) electrons. The van der Waals surface area contributed by atoms with Crippen molar-refractivity contribution < 1.29 is 9.84 Å². The van der Waals surface area contributed by atoms with Crippen LogP contribution in [0.3, 0.4) is 0 Å². The summed E-state index contributed by atoms with van der Waals surface area (Å²) in [5.41, 5.74) is 7.21. The number of imidazole rings is 1. The molecule has 2 aromatic heterocycles. The van der Waals surface area contributed by atoms with Gasteiger partial charge in [-0.15, -0.1) is 6.42 Å². The largest absolute Gasteiger partial charge is 0.394 e. The fourth-order valence-corrected chi connectivity index (χ4v) is 3.26. The van der Waals surface area contributed by atoms with Crippen LogP contribution in [0.2, 0.25) is 0 Å². The van der Waals surface area contributed by atoms with E-state index in [2.05, 4.69) is 25.8 Å². The molecule has 1 unspecified atom stereocenters. The molecule has 1 aliphatic heterocycles. The molecule has 8 heteroatoms. The van der Waals surface area contributed by atoms with Crippen LogP contribution in [0.5, 0.6) is 0 Å². The first-order valence-electron chi connectivity index (χ1n) is 8.07. The zero-order chi connectivity index (χ0) is 16.8. The number of terminal acetylenes is 1. The summed E-state index contributed by atoms with van der Waals surface area (Å²) < 4.78 is 7.69. The summed E-state index contributed by atoms with van der Waals surface area (Å²) in [5, 5.41) is 9.37. The van der Waals surface area contributed by atoms with E-state index in [0.29, 0.717) is 23.6 Å². The van der Waals surface area contributed by atoms with E-state index < -0.39 is 6.23 Å². The number of hydrogen-bond acceptors (Lipinski definition) is 7. The smallest absolute Gasteiger partial charge is 0.224 e. The van der Waals surface area contributed by atoms with Gasteiger partial charge in [-0.25, -0.2) is 4.98 Å². The number of nitrogen functional groups attached to an aromatic ring is 1. The van der Waals surface area contributed by atoms with Gasteiger partial charge in [-0.05, 0) is 19.3 Å². The van der Waals surface area contributed by atoms with Gasteiger partial charge in [-0.1, -0.05) is 5.92 Å². The fourth-order valence-electron chi connectivity index (χ4n) is 3.26. The Hall–Kier alpha value is -2.37. The van der Waals surface area contributed by atoms with E-state index in [9.17, 15) is 5.11 Å². The van der Waals surface area contributed by atoms with Crippen molar-refractivity contribution in [2.45, 2.75) is 37.6 Å². The molecular formula is C16H20N6O2. The lowest BCUT2D eigenvalue weighted by atomic mass is 10.0. The van der Waals surface area contributed by atoms with Crippen molar-refractivity contribution >= 4 is 22.9 Å². The van der Waals surface area contributed by atoms with Gasteiger partial charge in [0.15, 0.2) is 23.2 Å². The number of aliphatic hydroxyl groups excluding tert-OH is 1. The molecule has 24 heavy (non-hydrogen) atoms. The normalized spacial score (nSPS) is 26.6. The van der Waals surface area contributed by atoms with Crippen LogP contribution in [-0.2, 0) is 4.74 Å². The minimum Gasteiger partial charge on any atom is -0.394 e. The zero-order valence-electron chi connectivity index (χ0n) is 13.5. The molecule has 0 aromatic carbocycles. The molecular weight excluding hydrogens is 308 g/mol. The van der Waals surface area contributed by atoms with Gasteiger partial charge in [0.25, 0.3) is 0 Å². The van der Waals surface area contributed by atoms with E-state index in [1.807, 2.05) is 7.05 Å². The highest BCUT2D eigenvalue weighted by molar-refractivity contribution is 5.85. The summed E-state index contributed by atoms with van der Waals surface area (Å²) >= 11 is 0. The third-order valence-electron chi connectivity index (χ3n) is 4.73. The minimum atomic E-state index is -0.412. The maximum absolute atomic E-state index is 9.37. The van der Waals surface area contributed by atoms with Gasteiger partial charge in [-0.3, -0.25) is 4.57 Å². The van der Waals surface area contributed by atoms with E-state index in [0.717, 1.165) is 18.7 Å². The number of anilines is 2. The Morgan fingerprint density at radius 1 is 1.50 bits per heavy atom. The van der Waals surface area contributed by atoms with Crippen LogP contribution in [0.4, 0.5) is 11.8 Å². The molecule has 2 fully saturated rings. The highest BCUT2D eigenvalue weighted by atomic mass is 16.5. The number of nitrogens with zero attached hydrogens (tertiary/aromatic N) is 5. The predicted octanol–water partition coefficient (Wildman–Crippen LogP) is 0.536. The minimum absolute atomic E-state index is 0.0614. The fraction of sp³-hybridized carbons (Fsp3) is 0.562. The predicted molar refractivity (Wildman–Crippen MR) is 89.1 cm³/mol. The SMILES string of the molecule is C#C[C@H]1CC(CO)O[C@H]1n1cnc2c(N(C)C3CC3)nc(N)nc21. The number of nitrogens with two attached hydrogens (primary N) is 1.